The Morgan fingerprint density at radius 1 is 0.660 bits per heavy atom. The molecule has 0 spiro atoms. The minimum atomic E-state index is -0.578. The van der Waals surface area contributed by atoms with Crippen LogP contribution in [-0.2, 0) is 20.7 Å². The zero-order valence-electron chi connectivity index (χ0n) is 26.6. The van der Waals surface area contributed by atoms with E-state index < -0.39 is 11.9 Å². The first-order valence-corrected chi connectivity index (χ1v) is 15.5. The molecule has 0 fully saturated rings. The molecule has 0 unspecified atom stereocenters. The van der Waals surface area contributed by atoms with Gasteiger partial charge < -0.3 is 33.2 Å². The van der Waals surface area contributed by atoms with Crippen LogP contribution in [0.1, 0.15) is 48.5 Å². The second kappa shape index (κ2) is 18.6. The van der Waals surface area contributed by atoms with Crippen molar-refractivity contribution < 1.29 is 42.7 Å². The zero-order valence-corrected chi connectivity index (χ0v) is 26.6. The van der Waals surface area contributed by atoms with E-state index in [0.717, 1.165) is 53.8 Å². The van der Waals surface area contributed by atoms with Gasteiger partial charge in [0, 0.05) is 6.08 Å². The molecular weight excluding hydrogens is 600 g/mol. The Bertz CT molecular complexity index is 1630. The third-order valence-corrected chi connectivity index (χ3v) is 7.05. The van der Waals surface area contributed by atoms with Gasteiger partial charge in [-0.05, 0) is 109 Å². The Morgan fingerprint density at radius 3 is 1.94 bits per heavy atom. The van der Waals surface area contributed by atoms with E-state index in [1.807, 2.05) is 49.4 Å². The van der Waals surface area contributed by atoms with E-state index in [2.05, 4.69) is 13.2 Å². The van der Waals surface area contributed by atoms with Crippen molar-refractivity contribution in [3.05, 3.63) is 115 Å². The molecule has 0 heterocycles. The number of ether oxygens (including phenoxy) is 7. The summed E-state index contributed by atoms with van der Waals surface area (Å²) >= 11 is 0. The first kappa shape index (κ1) is 34.6. The highest BCUT2D eigenvalue weighted by atomic mass is 16.7. The van der Waals surface area contributed by atoms with Crippen molar-refractivity contribution in [2.24, 2.45) is 0 Å². The maximum atomic E-state index is 12.7. The van der Waals surface area contributed by atoms with Crippen LogP contribution in [0.25, 0.3) is 10.8 Å². The lowest BCUT2D eigenvalue weighted by atomic mass is 10.1. The molecule has 0 aromatic heterocycles. The Kier molecular flexibility index (Phi) is 13.7. The number of hydrogen-bond acceptors (Lipinski definition) is 9. The van der Waals surface area contributed by atoms with Gasteiger partial charge in [-0.25, -0.2) is 9.59 Å². The van der Waals surface area contributed by atoms with Crippen LogP contribution in [-0.4, -0.2) is 38.7 Å². The van der Waals surface area contributed by atoms with Gasteiger partial charge in [-0.1, -0.05) is 38.6 Å². The van der Waals surface area contributed by atoms with Crippen molar-refractivity contribution in [2.75, 3.05) is 26.8 Å². The topological polar surface area (TPSA) is 98.8 Å². The van der Waals surface area contributed by atoms with Crippen molar-refractivity contribution in [1.82, 2.24) is 0 Å². The van der Waals surface area contributed by atoms with Crippen LogP contribution in [0.5, 0.6) is 28.7 Å². The predicted octanol–water partition coefficient (Wildman–Crippen LogP) is 8.20. The number of fused-ring (bicyclic) bond motifs is 1. The molecule has 47 heavy (non-hydrogen) atoms. The van der Waals surface area contributed by atoms with Gasteiger partial charge in [0.15, 0.2) is 6.79 Å². The number of unbranched alkanes of at least 4 members (excludes halogenated alkanes) is 3. The van der Waals surface area contributed by atoms with Crippen molar-refractivity contribution in [3.8, 4) is 28.7 Å². The summed E-state index contributed by atoms with van der Waals surface area (Å²) in [6.07, 6.45) is 7.19. The van der Waals surface area contributed by atoms with Gasteiger partial charge in [0.25, 0.3) is 0 Å². The Balaban J connectivity index is 1.21. The second-order valence-electron chi connectivity index (χ2n) is 10.4. The Labute approximate surface area is 275 Å². The third kappa shape index (κ3) is 11.2. The van der Waals surface area contributed by atoms with Gasteiger partial charge >= 0.3 is 11.9 Å². The molecule has 0 atom stereocenters. The Hall–Kier alpha value is -5.28. The normalized spacial score (nSPS) is 10.6. The van der Waals surface area contributed by atoms with Gasteiger partial charge in [0.05, 0.1) is 25.0 Å². The SMILES string of the molecule is C=COCOCCCCCCOc1ccc2cc(OCOc3ccc(OC(=O)c4ccc(OC(=O)C=C)cc4)c(CC)c3)ccc2c1. The van der Waals surface area contributed by atoms with Crippen molar-refractivity contribution in [1.29, 1.82) is 0 Å². The fourth-order valence-electron chi connectivity index (χ4n) is 4.55. The average Bonchev–Trinajstić information content (AvgIpc) is 3.09. The molecule has 4 aromatic carbocycles. The van der Waals surface area contributed by atoms with Crippen LogP contribution in [0.3, 0.4) is 0 Å². The zero-order chi connectivity index (χ0) is 33.3. The summed E-state index contributed by atoms with van der Waals surface area (Å²) in [7, 11) is 0. The smallest absolute Gasteiger partial charge is 0.343 e. The lowest BCUT2D eigenvalue weighted by Crippen LogP contribution is -2.11. The van der Waals surface area contributed by atoms with Gasteiger partial charge in [-0.2, -0.15) is 0 Å². The summed E-state index contributed by atoms with van der Waals surface area (Å²) in [4.78, 5) is 24.1. The van der Waals surface area contributed by atoms with Gasteiger partial charge in [0.2, 0.25) is 6.79 Å². The predicted molar refractivity (Wildman–Crippen MR) is 179 cm³/mol. The van der Waals surface area contributed by atoms with Crippen LogP contribution in [0.2, 0.25) is 0 Å². The van der Waals surface area contributed by atoms with Gasteiger partial charge in [-0.3, -0.25) is 0 Å². The maximum absolute atomic E-state index is 12.7. The molecule has 0 aliphatic rings. The van der Waals surface area contributed by atoms with E-state index in [1.165, 1.54) is 30.5 Å². The fraction of sp³-hybridized carbons (Fsp3) is 0.263. The molecule has 246 valence electrons. The molecule has 0 bridgehead atoms. The highest BCUT2D eigenvalue weighted by molar-refractivity contribution is 5.91. The highest BCUT2D eigenvalue weighted by Crippen LogP contribution is 2.28. The molecule has 4 aromatic rings. The average molecular weight is 641 g/mol. The highest BCUT2D eigenvalue weighted by Gasteiger charge is 2.13. The third-order valence-electron chi connectivity index (χ3n) is 7.05. The van der Waals surface area contributed by atoms with Crippen LogP contribution < -0.4 is 23.7 Å². The maximum Gasteiger partial charge on any atom is 0.343 e. The van der Waals surface area contributed by atoms with E-state index in [9.17, 15) is 9.59 Å². The molecule has 0 radical (unpaired) electrons. The van der Waals surface area contributed by atoms with E-state index in [4.69, 9.17) is 33.2 Å². The molecule has 9 heteroatoms. The first-order chi connectivity index (χ1) is 23.0. The van der Waals surface area contributed by atoms with Crippen LogP contribution in [0.4, 0.5) is 0 Å². The van der Waals surface area contributed by atoms with Crippen molar-refractivity contribution in [3.63, 3.8) is 0 Å². The summed E-state index contributed by atoms with van der Waals surface area (Å²) < 4.78 is 38.6. The van der Waals surface area contributed by atoms with Gasteiger partial charge in [-0.15, -0.1) is 0 Å². The fourth-order valence-corrected chi connectivity index (χ4v) is 4.55. The molecule has 0 aliphatic carbocycles. The van der Waals surface area contributed by atoms with Crippen molar-refractivity contribution in [2.45, 2.75) is 39.0 Å². The lowest BCUT2D eigenvalue weighted by Gasteiger charge is -2.13. The van der Waals surface area contributed by atoms with E-state index >= 15 is 0 Å². The molecule has 0 saturated carbocycles. The van der Waals surface area contributed by atoms with E-state index in [-0.39, 0.29) is 13.6 Å². The number of aryl methyl sites for hydroxylation is 1. The van der Waals surface area contributed by atoms with E-state index in [1.54, 1.807) is 12.1 Å². The molecular formula is C38H40O9. The molecule has 9 nitrogen and oxygen atoms in total. The largest absolute Gasteiger partial charge is 0.494 e. The van der Waals surface area contributed by atoms with E-state index in [0.29, 0.717) is 48.2 Å². The van der Waals surface area contributed by atoms with Crippen LogP contribution in [0, 0.1) is 0 Å². The number of hydrogen-bond donors (Lipinski definition) is 0. The summed E-state index contributed by atoms with van der Waals surface area (Å²) in [5, 5.41) is 2.08. The molecule has 0 amide bonds. The summed E-state index contributed by atoms with van der Waals surface area (Å²) in [6.45, 7) is 10.4. The molecule has 0 aliphatic heterocycles. The minimum absolute atomic E-state index is 0.00644. The number of benzene rings is 4. The summed E-state index contributed by atoms with van der Waals surface area (Å²) in [5.41, 5.74) is 1.12. The number of esters is 2. The standard InChI is InChI=1S/C38H40O9/c1-4-28-23-35(19-20-36(28)47-38(40)29-11-15-32(16-12-29)46-37(39)5-2)45-27-44-34-18-14-30-24-33(17-13-31(30)25-34)43-22-10-8-7-9-21-42-26-41-6-3/h5-6,11-20,23-25H,2-4,7-10,21-22,26-27H2,1H3. The summed E-state index contributed by atoms with van der Waals surface area (Å²) in [5.74, 6) is 1.73. The quantitative estimate of drug-likeness (QED) is 0.0236. The number of carbonyl (C=O) groups is 2. The molecule has 0 saturated heterocycles. The van der Waals surface area contributed by atoms with Crippen LogP contribution >= 0.6 is 0 Å². The number of rotatable bonds is 20. The van der Waals surface area contributed by atoms with Crippen LogP contribution in [0.15, 0.2) is 104 Å². The number of carbonyl (C=O) groups excluding carboxylic acids is 2. The van der Waals surface area contributed by atoms with Crippen molar-refractivity contribution >= 4 is 22.7 Å². The minimum Gasteiger partial charge on any atom is -0.494 e. The molecule has 0 N–H and O–H groups in total. The monoisotopic (exact) mass is 640 g/mol. The Morgan fingerprint density at radius 2 is 1.28 bits per heavy atom. The first-order valence-electron chi connectivity index (χ1n) is 15.5. The lowest BCUT2D eigenvalue weighted by molar-refractivity contribution is -0.128. The molecule has 4 rings (SSSR count). The summed E-state index contributed by atoms with van der Waals surface area (Å²) in [6, 6.07) is 23.2. The van der Waals surface area contributed by atoms with Gasteiger partial charge in [0.1, 0.15) is 28.7 Å². The second-order valence-corrected chi connectivity index (χ2v) is 10.4.